The van der Waals surface area contributed by atoms with Gasteiger partial charge in [0.1, 0.15) is 5.37 Å². The number of alkyl halides is 1. The van der Waals surface area contributed by atoms with Crippen LogP contribution in [-0.4, -0.2) is 54.9 Å². The monoisotopic (exact) mass is 301 g/mol. The molecular formula is C8H16BrNO2S2. The molecule has 1 aliphatic rings. The minimum absolute atomic E-state index is 0.264. The standard InChI is InChI=1S/C8H16BrNO2S2/c1-14(11,12)8-7-13-6-5-10(8)4-2-3-9/h8H,2-7H2,1H3. The molecule has 0 bridgehead atoms. The maximum Gasteiger partial charge on any atom is 0.164 e. The van der Waals surface area contributed by atoms with E-state index in [1.165, 1.54) is 6.26 Å². The maximum atomic E-state index is 11.5. The molecule has 1 aliphatic heterocycles. The van der Waals surface area contributed by atoms with Gasteiger partial charge in [0.15, 0.2) is 9.84 Å². The van der Waals surface area contributed by atoms with Gasteiger partial charge in [-0.1, -0.05) is 15.9 Å². The molecule has 0 aromatic heterocycles. The molecule has 1 atom stereocenters. The van der Waals surface area contributed by atoms with Gasteiger partial charge in [0.2, 0.25) is 0 Å². The van der Waals surface area contributed by atoms with Crippen molar-refractivity contribution in [1.82, 2.24) is 4.90 Å². The van der Waals surface area contributed by atoms with Crippen molar-refractivity contribution in [2.45, 2.75) is 11.8 Å². The number of hydrogen-bond acceptors (Lipinski definition) is 4. The van der Waals surface area contributed by atoms with E-state index in [9.17, 15) is 8.42 Å². The number of hydrogen-bond donors (Lipinski definition) is 0. The first-order chi connectivity index (χ1) is 6.55. The van der Waals surface area contributed by atoms with Gasteiger partial charge in [-0.2, -0.15) is 11.8 Å². The zero-order chi connectivity index (χ0) is 10.6. The Kier molecular flexibility index (Phi) is 5.24. The molecule has 0 aromatic carbocycles. The zero-order valence-electron chi connectivity index (χ0n) is 8.28. The highest BCUT2D eigenvalue weighted by Gasteiger charge is 2.30. The first kappa shape index (κ1) is 12.8. The minimum Gasteiger partial charge on any atom is -0.286 e. The van der Waals surface area contributed by atoms with Gasteiger partial charge in [-0.25, -0.2) is 8.42 Å². The molecule has 0 spiro atoms. The number of thioether (sulfide) groups is 1. The lowest BCUT2D eigenvalue weighted by molar-refractivity contribution is 0.272. The summed E-state index contributed by atoms with van der Waals surface area (Å²) in [4.78, 5) is 2.09. The molecule has 0 saturated carbocycles. The summed E-state index contributed by atoms with van der Waals surface area (Å²) in [7, 11) is -2.92. The highest BCUT2D eigenvalue weighted by Crippen LogP contribution is 2.20. The van der Waals surface area contributed by atoms with E-state index in [-0.39, 0.29) is 5.37 Å². The van der Waals surface area contributed by atoms with Crippen LogP contribution >= 0.6 is 27.7 Å². The van der Waals surface area contributed by atoms with Crippen LogP contribution in [0.3, 0.4) is 0 Å². The number of sulfone groups is 1. The lowest BCUT2D eigenvalue weighted by Gasteiger charge is -2.33. The molecule has 0 aromatic rings. The molecular weight excluding hydrogens is 286 g/mol. The van der Waals surface area contributed by atoms with E-state index in [0.717, 1.165) is 36.3 Å². The first-order valence-electron chi connectivity index (χ1n) is 4.62. The zero-order valence-corrected chi connectivity index (χ0v) is 11.5. The summed E-state index contributed by atoms with van der Waals surface area (Å²) >= 11 is 5.10. The van der Waals surface area contributed by atoms with Crippen molar-refractivity contribution >= 4 is 37.5 Å². The molecule has 0 aliphatic carbocycles. The molecule has 3 nitrogen and oxygen atoms in total. The summed E-state index contributed by atoms with van der Waals surface area (Å²) in [5, 5.41) is 0.674. The summed E-state index contributed by atoms with van der Waals surface area (Å²) in [5.41, 5.74) is 0. The number of rotatable bonds is 4. The van der Waals surface area contributed by atoms with Gasteiger partial charge in [0.05, 0.1) is 0 Å². The van der Waals surface area contributed by atoms with Gasteiger partial charge >= 0.3 is 0 Å². The third-order valence-electron chi connectivity index (χ3n) is 2.26. The van der Waals surface area contributed by atoms with Crippen LogP contribution in [0.25, 0.3) is 0 Å². The van der Waals surface area contributed by atoms with E-state index in [0.29, 0.717) is 0 Å². The van der Waals surface area contributed by atoms with Crippen molar-refractivity contribution in [2.24, 2.45) is 0 Å². The normalized spacial score (nSPS) is 25.1. The van der Waals surface area contributed by atoms with Crippen molar-refractivity contribution < 1.29 is 8.42 Å². The largest absolute Gasteiger partial charge is 0.286 e. The van der Waals surface area contributed by atoms with Crippen LogP contribution < -0.4 is 0 Å². The number of halogens is 1. The van der Waals surface area contributed by atoms with Crippen molar-refractivity contribution in [3.8, 4) is 0 Å². The summed E-state index contributed by atoms with van der Waals surface area (Å²) < 4.78 is 23.0. The number of nitrogens with zero attached hydrogens (tertiary/aromatic N) is 1. The molecule has 1 saturated heterocycles. The molecule has 1 fully saturated rings. The van der Waals surface area contributed by atoms with Crippen molar-refractivity contribution in [2.75, 3.05) is 36.2 Å². The maximum absolute atomic E-state index is 11.5. The van der Waals surface area contributed by atoms with Gasteiger partial charge in [0.25, 0.3) is 0 Å². The molecule has 14 heavy (non-hydrogen) atoms. The Morgan fingerprint density at radius 1 is 1.57 bits per heavy atom. The fourth-order valence-electron chi connectivity index (χ4n) is 1.53. The van der Waals surface area contributed by atoms with Gasteiger partial charge in [-0.3, -0.25) is 4.90 Å². The van der Waals surface area contributed by atoms with E-state index in [2.05, 4.69) is 20.8 Å². The Morgan fingerprint density at radius 3 is 2.86 bits per heavy atom. The summed E-state index contributed by atoms with van der Waals surface area (Å²) in [6.45, 7) is 1.78. The van der Waals surface area contributed by atoms with Gasteiger partial charge in [-0.15, -0.1) is 0 Å². The second kappa shape index (κ2) is 5.72. The Bertz CT molecular complexity index is 269. The Morgan fingerprint density at radius 2 is 2.29 bits per heavy atom. The molecule has 0 amide bonds. The summed E-state index contributed by atoms with van der Waals surface area (Å²) in [6, 6.07) is 0. The molecule has 84 valence electrons. The Balaban J connectivity index is 2.60. The van der Waals surface area contributed by atoms with Crippen LogP contribution in [0.15, 0.2) is 0 Å². The predicted octanol–water partition coefficient (Wildman–Crippen LogP) is 1.19. The van der Waals surface area contributed by atoms with E-state index >= 15 is 0 Å². The average Bonchev–Trinajstić information content (AvgIpc) is 2.14. The van der Waals surface area contributed by atoms with Crippen LogP contribution in [-0.2, 0) is 9.84 Å². The van der Waals surface area contributed by atoms with E-state index in [1.54, 1.807) is 11.8 Å². The van der Waals surface area contributed by atoms with Crippen LogP contribution in [0.4, 0.5) is 0 Å². The third-order valence-corrected chi connectivity index (χ3v) is 5.51. The van der Waals surface area contributed by atoms with Crippen molar-refractivity contribution in [3.05, 3.63) is 0 Å². The van der Waals surface area contributed by atoms with E-state index in [1.807, 2.05) is 0 Å². The first-order valence-corrected chi connectivity index (χ1v) is 8.85. The Labute approximate surface area is 98.7 Å². The Hall–Kier alpha value is 0.740. The van der Waals surface area contributed by atoms with Crippen LogP contribution in [0.2, 0.25) is 0 Å². The predicted molar refractivity (Wildman–Crippen MR) is 65.9 cm³/mol. The van der Waals surface area contributed by atoms with Crippen LogP contribution in [0.5, 0.6) is 0 Å². The van der Waals surface area contributed by atoms with Gasteiger partial charge < -0.3 is 0 Å². The topological polar surface area (TPSA) is 37.4 Å². The molecule has 0 N–H and O–H groups in total. The van der Waals surface area contributed by atoms with Gasteiger partial charge in [-0.05, 0) is 6.42 Å². The molecule has 0 radical (unpaired) electrons. The van der Waals surface area contributed by atoms with E-state index < -0.39 is 9.84 Å². The summed E-state index contributed by atoms with van der Waals surface area (Å²) in [6.07, 6.45) is 2.35. The highest BCUT2D eigenvalue weighted by atomic mass is 79.9. The minimum atomic E-state index is -2.92. The van der Waals surface area contributed by atoms with Gasteiger partial charge in [0, 0.05) is 36.2 Å². The smallest absolute Gasteiger partial charge is 0.164 e. The van der Waals surface area contributed by atoms with Crippen LogP contribution in [0, 0.1) is 0 Å². The van der Waals surface area contributed by atoms with Crippen molar-refractivity contribution in [1.29, 1.82) is 0 Å². The second-order valence-electron chi connectivity index (χ2n) is 3.44. The van der Waals surface area contributed by atoms with E-state index in [4.69, 9.17) is 0 Å². The third kappa shape index (κ3) is 3.72. The molecule has 6 heteroatoms. The molecule has 1 heterocycles. The van der Waals surface area contributed by atoms with Crippen molar-refractivity contribution in [3.63, 3.8) is 0 Å². The summed E-state index contributed by atoms with van der Waals surface area (Å²) in [5.74, 6) is 1.77. The fraction of sp³-hybridized carbons (Fsp3) is 1.00. The molecule has 1 rings (SSSR count). The van der Waals surface area contributed by atoms with Crippen LogP contribution in [0.1, 0.15) is 6.42 Å². The lowest BCUT2D eigenvalue weighted by Crippen LogP contribution is -2.47. The second-order valence-corrected chi connectivity index (χ2v) is 7.58. The molecule has 1 unspecified atom stereocenters. The average molecular weight is 302 g/mol. The quantitative estimate of drug-likeness (QED) is 0.731. The SMILES string of the molecule is CS(=O)(=O)C1CSCCN1CCCBr. The lowest BCUT2D eigenvalue weighted by atomic mass is 10.4. The highest BCUT2D eigenvalue weighted by molar-refractivity contribution is 9.09. The fourth-order valence-corrected chi connectivity index (χ4v) is 4.75.